The summed E-state index contributed by atoms with van der Waals surface area (Å²) in [7, 11) is 2.45. The molecule has 6 rings (SSSR count). The summed E-state index contributed by atoms with van der Waals surface area (Å²) in [5, 5.41) is 0. The van der Waals surface area contributed by atoms with E-state index in [0.717, 1.165) is 17.3 Å². The van der Waals surface area contributed by atoms with Gasteiger partial charge in [-0.3, -0.25) is 4.90 Å². The van der Waals surface area contributed by atoms with E-state index in [0.29, 0.717) is 34.9 Å². The molecular weight excluding hydrogens is 450 g/mol. The Labute approximate surface area is 231 Å². The highest BCUT2D eigenvalue weighted by molar-refractivity contribution is 5.02. The molecule has 6 aliphatic rings. The first-order chi connectivity index (χ1) is 17.5. The van der Waals surface area contributed by atoms with E-state index in [2.05, 4.69) is 63.3 Å². The van der Waals surface area contributed by atoms with Crippen LogP contribution in [0.3, 0.4) is 0 Å². The first kappa shape index (κ1) is 28.4. The number of hydrogen-bond acceptors (Lipinski definition) is 3. The van der Waals surface area contributed by atoms with Crippen LogP contribution >= 0.6 is 0 Å². The maximum Gasteiger partial charge on any atom is 0.0179 e. The molecule has 0 aromatic heterocycles. The van der Waals surface area contributed by atoms with Crippen LogP contribution in [0.1, 0.15) is 125 Å². The van der Waals surface area contributed by atoms with Crippen molar-refractivity contribution >= 4 is 0 Å². The van der Waals surface area contributed by atoms with Crippen LogP contribution in [0, 0.1) is 34.0 Å². The zero-order valence-corrected chi connectivity index (χ0v) is 26.0. The molecule has 5 unspecified atom stereocenters. The van der Waals surface area contributed by atoms with Crippen molar-refractivity contribution in [1.82, 2.24) is 14.7 Å². The molecule has 0 N–H and O–H groups in total. The molecule has 0 radical (unpaired) electrons. The Morgan fingerprint density at radius 1 is 0.838 bits per heavy atom. The fourth-order valence-electron chi connectivity index (χ4n) is 9.99. The maximum atomic E-state index is 3.05. The van der Waals surface area contributed by atoms with Crippen LogP contribution in [0.2, 0.25) is 0 Å². The van der Waals surface area contributed by atoms with E-state index in [1.165, 1.54) is 116 Å². The molecule has 0 aromatic carbocycles. The lowest BCUT2D eigenvalue weighted by Crippen LogP contribution is -2.61. The van der Waals surface area contributed by atoms with E-state index in [9.17, 15) is 0 Å². The lowest BCUT2D eigenvalue weighted by Gasteiger charge is -2.57. The minimum Gasteiger partial charge on any atom is -0.303 e. The van der Waals surface area contributed by atoms with Crippen molar-refractivity contribution in [2.45, 2.75) is 143 Å². The van der Waals surface area contributed by atoms with Gasteiger partial charge in [0.25, 0.3) is 0 Å². The molecule has 4 saturated heterocycles. The molecule has 2 saturated carbocycles. The van der Waals surface area contributed by atoms with Crippen molar-refractivity contribution in [3.63, 3.8) is 0 Å². The van der Waals surface area contributed by atoms with Gasteiger partial charge in [-0.1, -0.05) is 47.0 Å². The minimum absolute atomic E-state index is 0.473. The molecule has 6 fully saturated rings. The second kappa shape index (κ2) is 11.0. The van der Waals surface area contributed by atoms with Crippen molar-refractivity contribution in [3.8, 4) is 0 Å². The summed E-state index contributed by atoms with van der Waals surface area (Å²) >= 11 is 0. The van der Waals surface area contributed by atoms with E-state index >= 15 is 0 Å². The second-order valence-corrected chi connectivity index (χ2v) is 16.1. The van der Waals surface area contributed by atoms with Gasteiger partial charge in [-0.25, -0.2) is 0 Å². The van der Waals surface area contributed by atoms with Crippen molar-refractivity contribution in [1.29, 1.82) is 0 Å². The Balaban J connectivity index is 1.36. The molecule has 2 aliphatic carbocycles. The third-order valence-corrected chi connectivity index (χ3v) is 13.6. The minimum atomic E-state index is 0.473. The van der Waals surface area contributed by atoms with Gasteiger partial charge < -0.3 is 9.80 Å². The highest BCUT2D eigenvalue weighted by Gasteiger charge is 2.49. The van der Waals surface area contributed by atoms with Crippen LogP contribution in [0.5, 0.6) is 0 Å². The number of piperidine rings is 2. The van der Waals surface area contributed by atoms with Crippen molar-refractivity contribution in [3.05, 3.63) is 0 Å². The molecule has 3 heteroatoms. The van der Waals surface area contributed by atoms with Crippen LogP contribution in [0.25, 0.3) is 0 Å². The van der Waals surface area contributed by atoms with Gasteiger partial charge in [0.1, 0.15) is 0 Å². The Morgan fingerprint density at radius 2 is 1.46 bits per heavy atom. The van der Waals surface area contributed by atoms with Gasteiger partial charge in [-0.15, -0.1) is 0 Å². The number of hydrogen-bond donors (Lipinski definition) is 0. The summed E-state index contributed by atoms with van der Waals surface area (Å²) in [5.41, 5.74) is 1.81. The maximum absolute atomic E-state index is 3.05. The Morgan fingerprint density at radius 3 is 2.03 bits per heavy atom. The summed E-state index contributed by atoms with van der Waals surface area (Å²) in [6.07, 6.45) is 18.9. The quantitative estimate of drug-likeness (QED) is 0.329. The van der Waals surface area contributed by atoms with Crippen molar-refractivity contribution < 1.29 is 0 Å². The van der Waals surface area contributed by atoms with Crippen LogP contribution in [0.4, 0.5) is 0 Å². The molecule has 37 heavy (non-hydrogen) atoms. The molecule has 214 valence electrons. The predicted octanol–water partition coefficient (Wildman–Crippen LogP) is 7.69. The zero-order chi connectivity index (χ0) is 26.4. The van der Waals surface area contributed by atoms with E-state index < -0.39 is 0 Å². The highest BCUT2D eigenvalue weighted by Crippen LogP contribution is 2.51. The third-order valence-electron chi connectivity index (χ3n) is 13.6. The molecule has 4 aliphatic heterocycles. The van der Waals surface area contributed by atoms with Crippen LogP contribution < -0.4 is 0 Å². The summed E-state index contributed by atoms with van der Waals surface area (Å²) in [6.45, 7) is 22.4. The van der Waals surface area contributed by atoms with Crippen molar-refractivity contribution in [2.75, 3.05) is 39.8 Å². The number of likely N-dealkylation sites (tertiary alicyclic amines) is 1. The van der Waals surface area contributed by atoms with Crippen LogP contribution in [-0.2, 0) is 0 Å². The fraction of sp³-hybridized carbons (Fsp3) is 1.00. The summed E-state index contributed by atoms with van der Waals surface area (Å²) in [6, 6.07) is 2.07. The lowest BCUT2D eigenvalue weighted by atomic mass is 9.61. The standard InChI is InChI=1S/C34H63N3/c1-26(27(2)35(7)22-17-33(6)13-8-9-14-33)31(37-23-18-34(19-24-37)15-10-16-34)30-25-32(4,5)29-11-20-36(21-12-29)28(30)3/h26-31H,8-25H2,1-7H3. The largest absolute Gasteiger partial charge is 0.303 e. The Hall–Kier alpha value is -0.120. The SMILES string of the molecule is CC(C(C)N(C)CCC1(C)CCCC1)C(C1CC(C)(C)C2CCN(CC2)C1C)N1CCC2(CCC2)CC1. The molecule has 0 amide bonds. The van der Waals surface area contributed by atoms with Crippen molar-refractivity contribution in [2.24, 2.45) is 34.0 Å². The predicted molar refractivity (Wildman–Crippen MR) is 159 cm³/mol. The first-order valence-electron chi connectivity index (χ1n) is 16.7. The van der Waals surface area contributed by atoms with Gasteiger partial charge in [0.2, 0.25) is 0 Å². The topological polar surface area (TPSA) is 9.72 Å². The summed E-state index contributed by atoms with van der Waals surface area (Å²) in [5.74, 6) is 2.41. The van der Waals surface area contributed by atoms with Gasteiger partial charge in [0.05, 0.1) is 0 Å². The lowest BCUT2D eigenvalue weighted by molar-refractivity contribution is -0.0715. The molecule has 5 atom stereocenters. The highest BCUT2D eigenvalue weighted by atomic mass is 15.2. The number of fused-ring (bicyclic) bond motifs is 5. The monoisotopic (exact) mass is 514 g/mol. The van der Waals surface area contributed by atoms with E-state index in [1.54, 1.807) is 0 Å². The van der Waals surface area contributed by atoms with E-state index in [-0.39, 0.29) is 0 Å². The zero-order valence-electron chi connectivity index (χ0n) is 26.0. The van der Waals surface area contributed by atoms with Gasteiger partial charge in [0.15, 0.2) is 0 Å². The normalized spacial score (nSPS) is 37.6. The van der Waals surface area contributed by atoms with Gasteiger partial charge in [0, 0.05) is 18.1 Å². The van der Waals surface area contributed by atoms with Crippen LogP contribution in [0.15, 0.2) is 0 Å². The number of rotatable bonds is 8. The van der Waals surface area contributed by atoms with Crippen LogP contribution in [-0.4, -0.2) is 72.6 Å². The van der Waals surface area contributed by atoms with E-state index in [1.807, 2.05) is 0 Å². The Kier molecular flexibility index (Phi) is 8.48. The smallest absolute Gasteiger partial charge is 0.0179 e. The van der Waals surface area contributed by atoms with Gasteiger partial charge >= 0.3 is 0 Å². The first-order valence-corrected chi connectivity index (χ1v) is 16.7. The van der Waals surface area contributed by atoms with Gasteiger partial charge in [-0.2, -0.15) is 0 Å². The van der Waals surface area contributed by atoms with E-state index in [4.69, 9.17) is 0 Å². The third kappa shape index (κ3) is 5.85. The molecular formula is C34H63N3. The number of nitrogens with zero attached hydrogens (tertiary/aromatic N) is 3. The average molecular weight is 514 g/mol. The fourth-order valence-corrected chi connectivity index (χ4v) is 9.99. The molecule has 0 aromatic rings. The molecule has 1 spiro atoms. The summed E-state index contributed by atoms with van der Waals surface area (Å²) in [4.78, 5) is 8.72. The molecule has 4 heterocycles. The van der Waals surface area contributed by atoms with Gasteiger partial charge in [-0.05, 0) is 152 Å². The molecule has 3 nitrogen and oxygen atoms in total. The average Bonchev–Trinajstić information content (AvgIpc) is 3.31. The summed E-state index contributed by atoms with van der Waals surface area (Å²) < 4.78 is 0. The Bertz CT molecular complexity index is 732. The molecule has 2 bridgehead atoms. The second-order valence-electron chi connectivity index (χ2n) is 16.1.